The third kappa shape index (κ3) is 2.77. The van der Waals surface area contributed by atoms with Gasteiger partial charge in [0.2, 0.25) is 0 Å². The van der Waals surface area contributed by atoms with Crippen LogP contribution < -0.4 is 0 Å². The van der Waals surface area contributed by atoms with Gasteiger partial charge in [-0.1, -0.05) is 0 Å². The van der Waals surface area contributed by atoms with Gasteiger partial charge in [-0.25, -0.2) is 0 Å². The van der Waals surface area contributed by atoms with Crippen molar-refractivity contribution in [1.29, 1.82) is 0 Å². The number of hydrogen-bond donors (Lipinski definition) is 1. The Morgan fingerprint density at radius 1 is 1.14 bits per heavy atom. The predicted octanol–water partition coefficient (Wildman–Crippen LogP) is 6.18. The molecule has 1 N–H and O–H groups in total. The third-order valence-corrected chi connectivity index (χ3v) is 20.1. The van der Waals surface area contributed by atoms with Gasteiger partial charge in [0.15, 0.2) is 0 Å². The maximum atomic E-state index is 12.4. The zero-order valence-corrected chi connectivity index (χ0v) is 21.1. The fraction of sp³-hybridized carbons (Fsp3) is 0.885. The topological polar surface area (TPSA) is 37.3 Å². The molecule has 0 bridgehead atoms. The van der Waals surface area contributed by atoms with Crippen molar-refractivity contribution in [2.45, 2.75) is 93.3 Å². The van der Waals surface area contributed by atoms with Crippen LogP contribution >= 0.6 is 19.8 Å². The minimum atomic E-state index is -1.15. The van der Waals surface area contributed by atoms with Crippen LogP contribution in [0.25, 0.3) is 0 Å². The second-order valence-corrected chi connectivity index (χ2v) is 18.4. The first kappa shape index (κ1) is 21.0. The standard InChI is InChI=1S/C26H41IO2/c1-17-7-11-26(16-28)13-12-24(3)19(20(26)15-17)5-6-23-25(24,4)10-8-21-18(2)22(29)9-14-27(21)23/h5,17-18,20-21,23,28H,6-16H2,1-4H3. The molecule has 0 radical (unpaired) electrons. The molecule has 2 saturated heterocycles. The van der Waals surface area contributed by atoms with Crippen LogP contribution in [0.15, 0.2) is 11.6 Å². The predicted molar refractivity (Wildman–Crippen MR) is 129 cm³/mol. The van der Waals surface area contributed by atoms with E-state index in [0.29, 0.717) is 35.1 Å². The van der Waals surface area contributed by atoms with Crippen LogP contribution in [0.4, 0.5) is 0 Å². The first-order valence-corrected chi connectivity index (χ1v) is 16.2. The van der Waals surface area contributed by atoms with E-state index >= 15 is 0 Å². The summed E-state index contributed by atoms with van der Waals surface area (Å²) in [4.78, 5) is 12.4. The normalized spacial score (nSPS) is 53.3. The Hall–Kier alpha value is 0.1000. The number of aliphatic hydroxyl groups is 1. The second-order valence-electron chi connectivity index (χ2n) is 11.7. The summed E-state index contributed by atoms with van der Waals surface area (Å²) in [5, 5.41) is 10.5. The summed E-state index contributed by atoms with van der Waals surface area (Å²) in [7, 11) is 0. The number of ketones is 1. The van der Waals surface area contributed by atoms with Gasteiger partial charge in [-0.15, -0.1) is 0 Å². The number of rotatable bonds is 1. The van der Waals surface area contributed by atoms with Crippen LogP contribution in [-0.2, 0) is 4.79 Å². The summed E-state index contributed by atoms with van der Waals surface area (Å²) >= 11 is -1.15. The SMILES string of the molecule is CC1CCC2(CO)CCC3(C)C(=CCC4I5CCC(=O)C(C)C5CCC43C)C2C1. The average molecular weight is 513 g/mol. The Morgan fingerprint density at radius 2 is 1.93 bits per heavy atom. The van der Waals surface area contributed by atoms with Crippen molar-refractivity contribution < 1.29 is 9.90 Å². The van der Waals surface area contributed by atoms with Gasteiger partial charge in [-0.2, -0.15) is 0 Å². The molecule has 0 spiro atoms. The van der Waals surface area contributed by atoms with E-state index in [2.05, 4.69) is 33.8 Å². The quantitative estimate of drug-likeness (QED) is 0.259. The Balaban J connectivity index is 1.53. The number of alkyl halides is 3. The van der Waals surface area contributed by atoms with Crippen molar-refractivity contribution in [2.24, 2.45) is 34.0 Å². The number of carbonyl (C=O) groups excluding carboxylic acids is 1. The van der Waals surface area contributed by atoms with E-state index in [1.54, 1.807) is 5.57 Å². The molecule has 2 heterocycles. The van der Waals surface area contributed by atoms with Crippen LogP contribution in [0, 0.1) is 34.0 Å². The van der Waals surface area contributed by atoms with Gasteiger partial charge in [0, 0.05) is 0 Å². The first-order chi connectivity index (χ1) is 13.8. The molecule has 3 aliphatic carbocycles. The maximum absolute atomic E-state index is 12.4. The molecule has 0 aromatic carbocycles. The number of allylic oxidation sites excluding steroid dienone is 2. The van der Waals surface area contributed by atoms with Crippen LogP contribution in [-0.4, -0.2) is 29.8 Å². The summed E-state index contributed by atoms with van der Waals surface area (Å²) in [5.41, 5.74) is 2.69. The number of carbonyl (C=O) groups is 1. The molecule has 0 aromatic rings. The zero-order valence-electron chi connectivity index (χ0n) is 19.0. The van der Waals surface area contributed by atoms with Crippen molar-refractivity contribution >= 4 is 25.6 Å². The Bertz CT molecular complexity index is 730. The second kappa shape index (κ2) is 7.05. The molecule has 0 amide bonds. The fourth-order valence-electron chi connectivity index (χ4n) is 8.38. The number of aliphatic hydroxyl groups excluding tert-OH is 1. The van der Waals surface area contributed by atoms with Crippen LogP contribution in [0.5, 0.6) is 0 Å². The van der Waals surface area contributed by atoms with Gasteiger partial charge < -0.3 is 0 Å². The number of Topliss-reactive ketones (excluding diaryl/α,β-unsaturated/α-hetero) is 1. The van der Waals surface area contributed by atoms with Gasteiger partial charge >= 0.3 is 186 Å². The summed E-state index contributed by atoms with van der Waals surface area (Å²) in [6, 6.07) is 0. The van der Waals surface area contributed by atoms with E-state index in [9.17, 15) is 9.90 Å². The monoisotopic (exact) mass is 512 g/mol. The number of hydrogen-bond acceptors (Lipinski definition) is 2. The fourth-order valence-corrected chi connectivity index (χ4v) is 18.8. The summed E-state index contributed by atoms with van der Waals surface area (Å²) < 4.78 is 2.97. The summed E-state index contributed by atoms with van der Waals surface area (Å²) in [6.07, 6.45) is 13.8. The van der Waals surface area contributed by atoms with Crippen LogP contribution in [0.1, 0.15) is 85.5 Å². The Labute approximate surface area is 185 Å². The van der Waals surface area contributed by atoms with Gasteiger partial charge in [-0.3, -0.25) is 0 Å². The molecular formula is C26H41IO2. The molecule has 3 heteroatoms. The molecule has 8 unspecified atom stereocenters. The van der Waals surface area contributed by atoms with E-state index in [4.69, 9.17) is 0 Å². The molecule has 4 fully saturated rings. The molecular weight excluding hydrogens is 471 g/mol. The van der Waals surface area contributed by atoms with E-state index in [1.807, 2.05) is 0 Å². The summed E-state index contributed by atoms with van der Waals surface area (Å²) in [6.45, 7) is 10.4. The molecule has 29 heavy (non-hydrogen) atoms. The van der Waals surface area contributed by atoms with Crippen LogP contribution in [0.2, 0.25) is 0 Å². The number of halogens is 1. The Kier molecular flexibility index (Phi) is 5.10. The van der Waals surface area contributed by atoms with Crippen LogP contribution in [0.3, 0.4) is 0 Å². The molecule has 2 aliphatic heterocycles. The van der Waals surface area contributed by atoms with Gasteiger partial charge in [0.1, 0.15) is 0 Å². The van der Waals surface area contributed by atoms with Gasteiger partial charge in [0.25, 0.3) is 0 Å². The van der Waals surface area contributed by atoms with Crippen molar-refractivity contribution in [3.63, 3.8) is 0 Å². The molecule has 164 valence electrons. The zero-order chi connectivity index (χ0) is 20.6. The summed E-state index contributed by atoms with van der Waals surface area (Å²) in [5.74, 6) is 2.32. The van der Waals surface area contributed by atoms with Gasteiger partial charge in [0.05, 0.1) is 0 Å². The van der Waals surface area contributed by atoms with E-state index < -0.39 is 19.8 Å². The molecule has 5 aliphatic rings. The van der Waals surface area contributed by atoms with Crippen molar-refractivity contribution in [1.82, 2.24) is 0 Å². The van der Waals surface area contributed by atoms with Crippen molar-refractivity contribution in [3.8, 4) is 0 Å². The van der Waals surface area contributed by atoms with Crippen molar-refractivity contribution in [2.75, 3.05) is 11.0 Å². The molecule has 5 rings (SSSR count). The number of fused-ring (bicyclic) bond motifs is 7. The Morgan fingerprint density at radius 3 is 2.69 bits per heavy atom. The molecule has 0 aromatic heterocycles. The minimum absolute atomic E-state index is 0.170. The molecule has 8 atom stereocenters. The third-order valence-electron chi connectivity index (χ3n) is 10.7. The molecule has 2 saturated carbocycles. The van der Waals surface area contributed by atoms with Gasteiger partial charge in [-0.05, 0) is 0 Å². The molecule has 2 nitrogen and oxygen atoms in total. The van der Waals surface area contributed by atoms with E-state index in [-0.39, 0.29) is 5.41 Å². The van der Waals surface area contributed by atoms with Crippen molar-refractivity contribution in [3.05, 3.63) is 11.6 Å². The average Bonchev–Trinajstić information content (AvgIpc) is 2.71. The first-order valence-electron chi connectivity index (χ1n) is 12.2. The van der Waals surface area contributed by atoms with E-state index in [1.165, 1.54) is 55.8 Å². The van der Waals surface area contributed by atoms with E-state index in [0.717, 1.165) is 20.2 Å².